The first kappa shape index (κ1) is 17.9. The van der Waals surface area contributed by atoms with Gasteiger partial charge >= 0.3 is 0 Å². The highest BCUT2D eigenvalue weighted by molar-refractivity contribution is 7.99. The molecule has 0 fully saturated rings. The summed E-state index contributed by atoms with van der Waals surface area (Å²) in [5, 5.41) is 8.57. The van der Waals surface area contributed by atoms with E-state index in [-0.39, 0.29) is 11.5 Å². The summed E-state index contributed by atoms with van der Waals surface area (Å²) in [6.07, 6.45) is 1.52. The second-order valence-corrected chi connectivity index (χ2v) is 7.97. The van der Waals surface area contributed by atoms with Gasteiger partial charge < -0.3 is 4.42 Å². The average Bonchev–Trinajstić information content (AvgIpc) is 3.36. The number of fused-ring (bicyclic) bond motifs is 3. The number of nitrogens with zero attached hydrogens (tertiary/aromatic N) is 2. The molecule has 0 saturated heterocycles. The summed E-state index contributed by atoms with van der Waals surface area (Å²) in [4.78, 5) is 12.7. The third kappa shape index (κ3) is 3.74. The van der Waals surface area contributed by atoms with Crippen LogP contribution in [0.1, 0.15) is 32.9 Å². The van der Waals surface area contributed by atoms with E-state index in [0.717, 1.165) is 17.5 Å². The first-order valence-electron chi connectivity index (χ1n) is 9.50. The third-order valence-corrected chi connectivity index (χ3v) is 5.91. The Kier molecular flexibility index (Phi) is 4.74. The van der Waals surface area contributed by atoms with Gasteiger partial charge in [0.25, 0.3) is 5.22 Å². The normalized spacial score (nSPS) is 11.9. The number of rotatable bonds is 6. The standard InChI is InChI=1S/C24H18N2O2S/c27-22(15-29-24-26-25-23(28-24)12-16-6-2-1-3-7-16)19-11-10-18-13-17-8-4-5-9-20(17)21(18)14-19/h1-11,14H,12-13,15H2. The molecule has 0 bridgehead atoms. The van der Waals surface area contributed by atoms with Crippen molar-refractivity contribution in [3.63, 3.8) is 0 Å². The van der Waals surface area contributed by atoms with Crippen LogP contribution in [0.5, 0.6) is 0 Å². The van der Waals surface area contributed by atoms with Gasteiger partial charge in [-0.25, -0.2) is 0 Å². The lowest BCUT2D eigenvalue weighted by Gasteiger charge is -2.04. The van der Waals surface area contributed by atoms with Crippen LogP contribution < -0.4 is 0 Å². The van der Waals surface area contributed by atoms with E-state index in [0.29, 0.717) is 17.5 Å². The molecule has 3 aromatic carbocycles. The molecule has 5 rings (SSSR count). The monoisotopic (exact) mass is 398 g/mol. The van der Waals surface area contributed by atoms with Crippen molar-refractivity contribution in [3.8, 4) is 11.1 Å². The Morgan fingerprint density at radius 2 is 1.69 bits per heavy atom. The number of aromatic nitrogens is 2. The fraction of sp³-hybridized carbons (Fsp3) is 0.125. The van der Waals surface area contributed by atoms with E-state index in [4.69, 9.17) is 4.42 Å². The zero-order valence-electron chi connectivity index (χ0n) is 15.7. The van der Waals surface area contributed by atoms with Gasteiger partial charge in [-0.3, -0.25) is 4.79 Å². The fourth-order valence-corrected chi connectivity index (χ4v) is 4.32. The largest absolute Gasteiger partial charge is 0.416 e. The van der Waals surface area contributed by atoms with Crippen molar-refractivity contribution >= 4 is 17.5 Å². The van der Waals surface area contributed by atoms with Gasteiger partial charge in [0.2, 0.25) is 5.89 Å². The van der Waals surface area contributed by atoms with Crippen molar-refractivity contribution in [2.45, 2.75) is 18.1 Å². The molecule has 0 aliphatic heterocycles. The highest BCUT2D eigenvalue weighted by atomic mass is 32.2. The molecule has 0 unspecified atom stereocenters. The van der Waals surface area contributed by atoms with Crippen molar-refractivity contribution in [2.75, 3.05) is 5.75 Å². The number of benzene rings is 3. The number of carbonyl (C=O) groups excluding carboxylic acids is 1. The van der Waals surface area contributed by atoms with Gasteiger partial charge in [0.1, 0.15) is 0 Å². The minimum absolute atomic E-state index is 0.0602. The SMILES string of the molecule is O=C(CSc1nnc(Cc2ccccc2)o1)c1ccc2c(c1)-c1ccccc1C2. The molecule has 29 heavy (non-hydrogen) atoms. The Labute approximate surface area is 173 Å². The molecule has 0 radical (unpaired) electrons. The van der Waals surface area contributed by atoms with Gasteiger partial charge in [-0.05, 0) is 40.3 Å². The summed E-state index contributed by atoms with van der Waals surface area (Å²) in [6.45, 7) is 0. The van der Waals surface area contributed by atoms with E-state index in [2.05, 4.69) is 34.5 Å². The van der Waals surface area contributed by atoms with Crippen LogP contribution in [-0.4, -0.2) is 21.7 Å². The van der Waals surface area contributed by atoms with Crippen molar-refractivity contribution in [1.82, 2.24) is 10.2 Å². The molecule has 0 atom stereocenters. The molecule has 1 aromatic heterocycles. The molecule has 0 saturated carbocycles. The average molecular weight is 398 g/mol. The van der Waals surface area contributed by atoms with Crippen LogP contribution in [0.2, 0.25) is 0 Å². The molecule has 5 heteroatoms. The number of ketones is 1. The Balaban J connectivity index is 1.26. The van der Waals surface area contributed by atoms with Gasteiger partial charge in [0.15, 0.2) is 5.78 Å². The maximum atomic E-state index is 12.7. The molecular formula is C24H18N2O2S. The van der Waals surface area contributed by atoms with E-state index >= 15 is 0 Å². The zero-order valence-corrected chi connectivity index (χ0v) is 16.5. The van der Waals surface area contributed by atoms with Crippen molar-refractivity contribution in [3.05, 3.63) is 101 Å². The van der Waals surface area contributed by atoms with Crippen molar-refractivity contribution in [1.29, 1.82) is 0 Å². The summed E-state index contributed by atoms with van der Waals surface area (Å²) >= 11 is 1.28. The van der Waals surface area contributed by atoms with Crippen LogP contribution in [0, 0.1) is 0 Å². The third-order valence-electron chi connectivity index (χ3n) is 5.09. The molecule has 0 amide bonds. The quantitative estimate of drug-likeness (QED) is 0.290. The minimum atomic E-state index is 0.0602. The smallest absolute Gasteiger partial charge is 0.277 e. The van der Waals surface area contributed by atoms with Crippen LogP contribution in [0.15, 0.2) is 82.4 Å². The van der Waals surface area contributed by atoms with Crippen LogP contribution in [0.25, 0.3) is 11.1 Å². The first-order valence-corrected chi connectivity index (χ1v) is 10.5. The second kappa shape index (κ2) is 7.68. The highest BCUT2D eigenvalue weighted by Crippen LogP contribution is 2.37. The summed E-state index contributed by atoms with van der Waals surface area (Å²) < 4.78 is 5.68. The molecule has 0 spiro atoms. The van der Waals surface area contributed by atoms with Crippen LogP contribution >= 0.6 is 11.8 Å². The van der Waals surface area contributed by atoms with E-state index in [1.54, 1.807) is 0 Å². The van der Waals surface area contributed by atoms with E-state index in [1.807, 2.05) is 48.5 Å². The van der Waals surface area contributed by atoms with Crippen LogP contribution in [0.3, 0.4) is 0 Å². The highest BCUT2D eigenvalue weighted by Gasteiger charge is 2.20. The molecule has 1 aliphatic rings. The number of hydrogen-bond donors (Lipinski definition) is 0. The topological polar surface area (TPSA) is 56.0 Å². The Hall–Kier alpha value is -3.18. The predicted octanol–water partition coefficient (Wildman–Crippen LogP) is 5.21. The number of thioether (sulfide) groups is 1. The first-order chi connectivity index (χ1) is 14.3. The minimum Gasteiger partial charge on any atom is -0.416 e. The molecule has 4 nitrogen and oxygen atoms in total. The second-order valence-electron chi connectivity index (χ2n) is 7.04. The molecular weight excluding hydrogens is 380 g/mol. The number of hydrogen-bond acceptors (Lipinski definition) is 5. The van der Waals surface area contributed by atoms with E-state index < -0.39 is 0 Å². The van der Waals surface area contributed by atoms with Crippen molar-refractivity contribution < 1.29 is 9.21 Å². The molecule has 4 aromatic rings. The zero-order chi connectivity index (χ0) is 19.6. The van der Waals surface area contributed by atoms with Gasteiger partial charge in [0.05, 0.1) is 12.2 Å². The molecule has 1 aliphatic carbocycles. The van der Waals surface area contributed by atoms with Gasteiger partial charge in [-0.15, -0.1) is 10.2 Å². The van der Waals surface area contributed by atoms with Gasteiger partial charge in [-0.2, -0.15) is 0 Å². The summed E-state index contributed by atoms with van der Waals surface area (Å²) in [5.41, 5.74) is 6.82. The van der Waals surface area contributed by atoms with Gasteiger partial charge in [-0.1, -0.05) is 78.5 Å². The van der Waals surface area contributed by atoms with Crippen molar-refractivity contribution in [2.24, 2.45) is 0 Å². The van der Waals surface area contributed by atoms with E-state index in [9.17, 15) is 4.79 Å². The van der Waals surface area contributed by atoms with E-state index in [1.165, 1.54) is 34.0 Å². The maximum Gasteiger partial charge on any atom is 0.277 e. The molecule has 0 N–H and O–H groups in total. The maximum absolute atomic E-state index is 12.7. The molecule has 142 valence electrons. The predicted molar refractivity (Wildman–Crippen MR) is 113 cm³/mol. The Morgan fingerprint density at radius 1 is 0.897 bits per heavy atom. The summed E-state index contributed by atoms with van der Waals surface area (Å²) in [6, 6.07) is 24.3. The fourth-order valence-electron chi connectivity index (χ4n) is 3.65. The van der Waals surface area contributed by atoms with Gasteiger partial charge in [0, 0.05) is 5.56 Å². The Morgan fingerprint density at radius 3 is 2.59 bits per heavy atom. The lowest BCUT2D eigenvalue weighted by molar-refractivity contribution is 0.102. The summed E-state index contributed by atoms with van der Waals surface area (Å²) in [5.74, 6) is 0.887. The lowest BCUT2D eigenvalue weighted by Crippen LogP contribution is -2.02. The Bertz CT molecular complexity index is 1180. The summed E-state index contributed by atoms with van der Waals surface area (Å²) in [7, 11) is 0. The van der Waals surface area contributed by atoms with Crippen LogP contribution in [0.4, 0.5) is 0 Å². The number of carbonyl (C=O) groups is 1. The molecule has 1 heterocycles. The van der Waals surface area contributed by atoms with Crippen LogP contribution in [-0.2, 0) is 12.8 Å². The number of Topliss-reactive ketones (excluding diaryl/α,β-unsaturated/α-hetero) is 1. The lowest BCUT2D eigenvalue weighted by atomic mass is 10.0.